The van der Waals surface area contributed by atoms with Crippen molar-refractivity contribution in [2.75, 3.05) is 23.7 Å². The molecule has 3 rings (SSSR count). The molecule has 3 N–H and O–H groups in total. The Hall–Kier alpha value is -2.75. The molecule has 1 aromatic carbocycles. The average Bonchev–Trinajstić information content (AvgIpc) is 2.66. The van der Waals surface area contributed by atoms with Crippen LogP contribution < -0.4 is 15.4 Å². The zero-order valence-corrected chi connectivity index (χ0v) is 16.6. The monoisotopic (exact) mass is 418 g/mol. The van der Waals surface area contributed by atoms with E-state index in [1.807, 2.05) is 18.2 Å². The normalized spacial score (nSPS) is 11.2. The summed E-state index contributed by atoms with van der Waals surface area (Å²) in [6.45, 7) is 2.28. The van der Waals surface area contributed by atoms with E-state index in [0.717, 1.165) is 0 Å². The Morgan fingerprint density at radius 3 is 2.46 bits per heavy atom. The topological polar surface area (TPSA) is 109 Å². The Morgan fingerprint density at radius 2 is 1.71 bits per heavy atom. The lowest BCUT2D eigenvalue weighted by Crippen LogP contribution is -2.29. The SMILES string of the molecule is Cc1nc(NCCNS(=O)(=O)c2ccccc2Cl)cc(Nc2ccccn2)n1. The Kier molecular flexibility index (Phi) is 6.40. The van der Waals surface area contributed by atoms with Crippen LogP contribution in [0.5, 0.6) is 0 Å². The number of sulfonamides is 1. The van der Waals surface area contributed by atoms with Crippen LogP contribution >= 0.6 is 11.6 Å². The first-order valence-electron chi connectivity index (χ1n) is 8.46. The largest absolute Gasteiger partial charge is 0.369 e. The van der Waals surface area contributed by atoms with Gasteiger partial charge in [0.1, 0.15) is 28.2 Å². The van der Waals surface area contributed by atoms with Crippen LogP contribution in [-0.2, 0) is 10.0 Å². The van der Waals surface area contributed by atoms with Crippen molar-refractivity contribution in [3.8, 4) is 0 Å². The van der Waals surface area contributed by atoms with Gasteiger partial charge in [0.05, 0.1) is 5.02 Å². The summed E-state index contributed by atoms with van der Waals surface area (Å²) in [5.74, 6) is 2.40. The van der Waals surface area contributed by atoms with Crippen molar-refractivity contribution in [1.82, 2.24) is 19.7 Å². The van der Waals surface area contributed by atoms with Crippen LogP contribution in [0.3, 0.4) is 0 Å². The van der Waals surface area contributed by atoms with Gasteiger partial charge in [0.25, 0.3) is 0 Å². The highest BCUT2D eigenvalue weighted by Crippen LogP contribution is 2.20. The lowest BCUT2D eigenvalue weighted by atomic mass is 10.4. The second-order valence-corrected chi connectivity index (χ2v) is 7.92. The maximum atomic E-state index is 12.3. The van der Waals surface area contributed by atoms with E-state index in [2.05, 4.69) is 30.3 Å². The lowest BCUT2D eigenvalue weighted by molar-refractivity contribution is 0.583. The molecule has 10 heteroatoms. The number of rotatable bonds is 8. The smallest absolute Gasteiger partial charge is 0.242 e. The maximum Gasteiger partial charge on any atom is 0.242 e. The molecular weight excluding hydrogens is 400 g/mol. The number of pyridine rings is 1. The molecule has 2 aromatic heterocycles. The Labute approximate surface area is 168 Å². The fourth-order valence-electron chi connectivity index (χ4n) is 2.41. The zero-order valence-electron chi connectivity index (χ0n) is 15.1. The zero-order chi connectivity index (χ0) is 20.0. The van der Waals surface area contributed by atoms with Gasteiger partial charge in [-0.1, -0.05) is 29.8 Å². The average molecular weight is 419 g/mol. The van der Waals surface area contributed by atoms with Crippen LogP contribution in [0.15, 0.2) is 59.6 Å². The molecule has 8 nitrogen and oxygen atoms in total. The summed E-state index contributed by atoms with van der Waals surface area (Å²) in [7, 11) is -3.68. The molecule has 0 fully saturated rings. The standard InChI is InChI=1S/C18H19ClN6O2S/c1-13-23-17(12-18(24-13)25-16-8-4-5-9-20-16)21-10-11-22-28(26,27)15-7-3-2-6-14(15)19/h2-9,12,22H,10-11H2,1H3,(H2,20,21,23,24,25). The number of aromatic nitrogens is 3. The fourth-order valence-corrected chi connectivity index (χ4v) is 3.96. The van der Waals surface area contributed by atoms with Crippen molar-refractivity contribution in [2.45, 2.75) is 11.8 Å². The first kappa shape index (κ1) is 20.0. The molecule has 0 saturated carbocycles. The Morgan fingerprint density at radius 1 is 0.964 bits per heavy atom. The molecule has 0 aliphatic heterocycles. The van der Waals surface area contributed by atoms with Gasteiger partial charge in [-0.25, -0.2) is 28.1 Å². The molecule has 0 spiro atoms. The van der Waals surface area contributed by atoms with Crippen LogP contribution in [0.25, 0.3) is 0 Å². The van der Waals surface area contributed by atoms with Crippen LogP contribution in [0.2, 0.25) is 5.02 Å². The number of benzene rings is 1. The van der Waals surface area contributed by atoms with E-state index in [0.29, 0.717) is 29.8 Å². The number of hydrogen-bond donors (Lipinski definition) is 3. The van der Waals surface area contributed by atoms with Gasteiger partial charge in [0.15, 0.2) is 0 Å². The molecule has 0 aliphatic rings. The van der Waals surface area contributed by atoms with Crippen LogP contribution in [-0.4, -0.2) is 36.5 Å². The van der Waals surface area contributed by atoms with E-state index in [1.54, 1.807) is 31.3 Å². The van der Waals surface area contributed by atoms with E-state index < -0.39 is 10.0 Å². The summed E-state index contributed by atoms with van der Waals surface area (Å²) in [6, 6.07) is 13.5. The van der Waals surface area contributed by atoms with E-state index in [-0.39, 0.29) is 16.5 Å². The quantitative estimate of drug-likeness (QED) is 0.482. The van der Waals surface area contributed by atoms with Gasteiger partial charge in [-0.05, 0) is 31.2 Å². The minimum atomic E-state index is -3.68. The summed E-state index contributed by atoms with van der Waals surface area (Å²) in [5.41, 5.74) is 0. The van der Waals surface area contributed by atoms with Gasteiger partial charge in [-0.3, -0.25) is 0 Å². The van der Waals surface area contributed by atoms with E-state index in [1.165, 1.54) is 12.1 Å². The van der Waals surface area contributed by atoms with E-state index in [9.17, 15) is 8.42 Å². The lowest BCUT2D eigenvalue weighted by Gasteiger charge is -2.11. The van der Waals surface area contributed by atoms with Gasteiger partial charge in [0.2, 0.25) is 10.0 Å². The highest BCUT2D eigenvalue weighted by atomic mass is 35.5. The third-order valence-electron chi connectivity index (χ3n) is 3.61. The first-order chi connectivity index (χ1) is 13.4. The second kappa shape index (κ2) is 8.96. The highest BCUT2D eigenvalue weighted by molar-refractivity contribution is 7.89. The van der Waals surface area contributed by atoms with E-state index >= 15 is 0 Å². The predicted octanol–water partition coefficient (Wildman–Crippen LogP) is 2.97. The number of nitrogens with zero attached hydrogens (tertiary/aromatic N) is 3. The Bertz CT molecular complexity index is 1050. The summed E-state index contributed by atoms with van der Waals surface area (Å²) in [5, 5.41) is 6.36. The molecule has 3 aromatic rings. The third-order valence-corrected chi connectivity index (χ3v) is 5.57. The fraction of sp³-hybridized carbons (Fsp3) is 0.167. The molecule has 0 saturated heterocycles. The number of nitrogens with one attached hydrogen (secondary N) is 3. The molecule has 146 valence electrons. The Balaban J connectivity index is 1.58. The van der Waals surface area contributed by atoms with Crippen molar-refractivity contribution in [1.29, 1.82) is 0 Å². The van der Waals surface area contributed by atoms with Gasteiger partial charge >= 0.3 is 0 Å². The third kappa shape index (κ3) is 5.38. The van der Waals surface area contributed by atoms with Gasteiger partial charge < -0.3 is 10.6 Å². The van der Waals surface area contributed by atoms with Crippen molar-refractivity contribution in [3.05, 3.63) is 65.6 Å². The number of hydrogen-bond acceptors (Lipinski definition) is 7. The van der Waals surface area contributed by atoms with Gasteiger partial charge in [-0.15, -0.1) is 0 Å². The van der Waals surface area contributed by atoms with Crippen molar-refractivity contribution >= 4 is 39.1 Å². The number of anilines is 3. The molecule has 0 unspecified atom stereocenters. The number of halogens is 1. The summed E-state index contributed by atoms with van der Waals surface area (Å²) in [4.78, 5) is 12.9. The molecule has 0 atom stereocenters. The molecule has 0 amide bonds. The maximum absolute atomic E-state index is 12.3. The predicted molar refractivity (Wildman–Crippen MR) is 109 cm³/mol. The van der Waals surface area contributed by atoms with Crippen LogP contribution in [0.1, 0.15) is 5.82 Å². The first-order valence-corrected chi connectivity index (χ1v) is 10.3. The van der Waals surface area contributed by atoms with Gasteiger partial charge in [-0.2, -0.15) is 0 Å². The van der Waals surface area contributed by atoms with Crippen LogP contribution in [0.4, 0.5) is 17.5 Å². The molecule has 2 heterocycles. The summed E-state index contributed by atoms with van der Waals surface area (Å²) >= 11 is 5.95. The summed E-state index contributed by atoms with van der Waals surface area (Å²) in [6.07, 6.45) is 1.68. The molecule has 28 heavy (non-hydrogen) atoms. The second-order valence-electron chi connectivity index (χ2n) is 5.78. The molecule has 0 radical (unpaired) electrons. The highest BCUT2D eigenvalue weighted by Gasteiger charge is 2.16. The van der Waals surface area contributed by atoms with E-state index in [4.69, 9.17) is 11.6 Å². The minimum Gasteiger partial charge on any atom is -0.369 e. The minimum absolute atomic E-state index is 0.0522. The molecular formula is C18H19ClN6O2S. The van der Waals surface area contributed by atoms with Crippen molar-refractivity contribution in [2.24, 2.45) is 0 Å². The van der Waals surface area contributed by atoms with Crippen molar-refractivity contribution in [3.63, 3.8) is 0 Å². The van der Waals surface area contributed by atoms with Crippen molar-refractivity contribution < 1.29 is 8.42 Å². The summed E-state index contributed by atoms with van der Waals surface area (Å²) < 4.78 is 27.1. The van der Waals surface area contributed by atoms with Gasteiger partial charge in [0, 0.05) is 25.4 Å². The molecule has 0 bridgehead atoms. The molecule has 0 aliphatic carbocycles. The van der Waals surface area contributed by atoms with Crippen LogP contribution in [0, 0.1) is 6.92 Å². The number of aryl methyl sites for hydroxylation is 1.